The summed E-state index contributed by atoms with van der Waals surface area (Å²) in [4.78, 5) is 22.5. The topological polar surface area (TPSA) is 78.4 Å². The highest BCUT2D eigenvalue weighted by Crippen LogP contribution is 2.24. The van der Waals surface area contributed by atoms with Crippen molar-refractivity contribution in [1.29, 1.82) is 0 Å². The maximum Gasteiger partial charge on any atom is 0.335 e. The fourth-order valence-electron chi connectivity index (χ4n) is 2.71. The van der Waals surface area contributed by atoms with E-state index >= 15 is 0 Å². The molecule has 0 bridgehead atoms. The van der Waals surface area contributed by atoms with E-state index in [9.17, 15) is 9.59 Å². The van der Waals surface area contributed by atoms with Crippen molar-refractivity contribution < 1.29 is 14.7 Å². The molecule has 0 aliphatic heterocycles. The van der Waals surface area contributed by atoms with Gasteiger partial charge in [-0.25, -0.2) is 9.59 Å². The van der Waals surface area contributed by atoms with Crippen LogP contribution in [0.25, 0.3) is 0 Å². The molecule has 2 rings (SSSR count). The van der Waals surface area contributed by atoms with Crippen molar-refractivity contribution in [3.8, 4) is 0 Å². The number of urea groups is 1. The molecule has 114 valence electrons. The number of hydrogen-bond donors (Lipinski definition) is 3. The van der Waals surface area contributed by atoms with Gasteiger partial charge in [-0.1, -0.05) is 25.5 Å². The van der Waals surface area contributed by atoms with E-state index in [1.165, 1.54) is 12.8 Å². The lowest BCUT2D eigenvalue weighted by Gasteiger charge is -2.17. The summed E-state index contributed by atoms with van der Waals surface area (Å²) in [5, 5.41) is 14.7. The number of carbonyl (C=O) groups excluding carboxylic acids is 1. The Morgan fingerprint density at radius 3 is 2.52 bits per heavy atom. The van der Waals surface area contributed by atoms with Crippen LogP contribution in [0, 0.1) is 5.92 Å². The van der Waals surface area contributed by atoms with Gasteiger partial charge in [-0.3, -0.25) is 0 Å². The van der Waals surface area contributed by atoms with Crippen LogP contribution in [0.1, 0.15) is 42.1 Å². The van der Waals surface area contributed by atoms with Crippen molar-refractivity contribution in [1.82, 2.24) is 10.6 Å². The van der Waals surface area contributed by atoms with Crippen LogP contribution >= 0.6 is 0 Å². The maximum atomic E-state index is 11.8. The summed E-state index contributed by atoms with van der Waals surface area (Å²) >= 11 is 0. The van der Waals surface area contributed by atoms with Crippen molar-refractivity contribution in [2.75, 3.05) is 6.54 Å². The molecule has 0 saturated heterocycles. The summed E-state index contributed by atoms with van der Waals surface area (Å²) in [5.41, 5.74) is 1.29. The number of carbonyl (C=O) groups is 2. The zero-order chi connectivity index (χ0) is 15.2. The van der Waals surface area contributed by atoms with Crippen LogP contribution in [0.3, 0.4) is 0 Å². The second-order valence-corrected chi connectivity index (χ2v) is 5.67. The van der Waals surface area contributed by atoms with Crippen molar-refractivity contribution in [3.63, 3.8) is 0 Å². The lowest BCUT2D eigenvalue weighted by Crippen LogP contribution is -2.43. The third kappa shape index (κ3) is 4.48. The van der Waals surface area contributed by atoms with E-state index in [0.717, 1.165) is 12.0 Å². The van der Waals surface area contributed by atoms with Crippen LogP contribution in [0.2, 0.25) is 0 Å². The molecule has 3 N–H and O–H groups in total. The molecule has 5 heteroatoms. The van der Waals surface area contributed by atoms with Crippen LogP contribution < -0.4 is 10.6 Å². The van der Waals surface area contributed by atoms with E-state index in [4.69, 9.17) is 5.11 Å². The number of hydrogen-bond acceptors (Lipinski definition) is 2. The van der Waals surface area contributed by atoms with Gasteiger partial charge in [-0.2, -0.15) is 0 Å². The molecule has 0 spiro atoms. The van der Waals surface area contributed by atoms with E-state index in [1.54, 1.807) is 24.3 Å². The highest BCUT2D eigenvalue weighted by Gasteiger charge is 2.24. The quantitative estimate of drug-likeness (QED) is 0.779. The van der Waals surface area contributed by atoms with Crippen LogP contribution in [0.4, 0.5) is 4.79 Å². The molecule has 2 amide bonds. The fourth-order valence-corrected chi connectivity index (χ4v) is 2.71. The van der Waals surface area contributed by atoms with Gasteiger partial charge in [0, 0.05) is 12.6 Å². The molecular formula is C16H22N2O3. The molecule has 1 saturated carbocycles. The van der Waals surface area contributed by atoms with Crippen molar-refractivity contribution in [2.24, 2.45) is 5.92 Å². The minimum absolute atomic E-state index is 0.115. The van der Waals surface area contributed by atoms with Gasteiger partial charge in [0.05, 0.1) is 5.56 Å². The lowest BCUT2D eigenvalue weighted by molar-refractivity contribution is 0.0697. The Labute approximate surface area is 124 Å². The average molecular weight is 290 g/mol. The molecule has 1 aliphatic rings. The summed E-state index contributed by atoms with van der Waals surface area (Å²) < 4.78 is 0. The Bertz CT molecular complexity index is 499. The largest absolute Gasteiger partial charge is 0.478 e. The van der Waals surface area contributed by atoms with Gasteiger partial charge in [0.2, 0.25) is 0 Å². The van der Waals surface area contributed by atoms with Gasteiger partial charge in [-0.15, -0.1) is 0 Å². The maximum absolute atomic E-state index is 11.8. The predicted octanol–water partition coefficient (Wildman–Crippen LogP) is 2.42. The van der Waals surface area contributed by atoms with E-state index in [1.807, 2.05) is 0 Å². The summed E-state index contributed by atoms with van der Waals surface area (Å²) in [7, 11) is 0. The number of benzene rings is 1. The number of nitrogens with one attached hydrogen (secondary N) is 2. The summed E-state index contributed by atoms with van der Waals surface area (Å²) in [5.74, 6) is -0.371. The SMILES string of the molecule is CC1CCCC1NC(=O)NCCc1ccc(C(=O)O)cc1. The van der Waals surface area contributed by atoms with Crippen LogP contribution in [0.15, 0.2) is 24.3 Å². The zero-order valence-electron chi connectivity index (χ0n) is 12.3. The normalized spacial score (nSPS) is 21.0. The zero-order valence-corrected chi connectivity index (χ0v) is 12.3. The van der Waals surface area contributed by atoms with Crippen molar-refractivity contribution in [2.45, 2.75) is 38.6 Å². The number of carboxylic acids is 1. The minimum Gasteiger partial charge on any atom is -0.478 e. The van der Waals surface area contributed by atoms with E-state index < -0.39 is 5.97 Å². The smallest absolute Gasteiger partial charge is 0.335 e. The molecule has 0 radical (unpaired) electrons. The van der Waals surface area contributed by atoms with Gasteiger partial charge in [0.15, 0.2) is 0 Å². The number of amides is 2. The monoisotopic (exact) mass is 290 g/mol. The van der Waals surface area contributed by atoms with Crippen LogP contribution in [0.5, 0.6) is 0 Å². The molecule has 2 atom stereocenters. The minimum atomic E-state index is -0.926. The first-order valence-electron chi connectivity index (χ1n) is 7.43. The summed E-state index contributed by atoms with van der Waals surface area (Å²) in [6.07, 6.45) is 4.11. The molecule has 21 heavy (non-hydrogen) atoms. The average Bonchev–Trinajstić information content (AvgIpc) is 2.85. The molecular weight excluding hydrogens is 268 g/mol. The first kappa shape index (κ1) is 15.4. The Kier molecular flexibility index (Phi) is 5.20. The standard InChI is InChI=1S/C16H22N2O3/c1-11-3-2-4-14(11)18-16(21)17-10-9-12-5-7-13(8-6-12)15(19)20/h5-8,11,14H,2-4,9-10H2,1H3,(H,19,20)(H2,17,18,21). The van der Waals surface area contributed by atoms with Crippen LogP contribution in [-0.4, -0.2) is 29.7 Å². The highest BCUT2D eigenvalue weighted by molar-refractivity contribution is 5.87. The Morgan fingerprint density at radius 1 is 1.24 bits per heavy atom. The summed E-state index contributed by atoms with van der Waals surface area (Å²) in [6.45, 7) is 2.71. The van der Waals surface area contributed by atoms with E-state index in [0.29, 0.717) is 24.9 Å². The number of carboxylic acid groups (broad SMARTS) is 1. The third-order valence-corrected chi connectivity index (χ3v) is 4.08. The first-order valence-corrected chi connectivity index (χ1v) is 7.43. The number of rotatable bonds is 5. The first-order chi connectivity index (χ1) is 10.1. The van der Waals surface area contributed by atoms with Gasteiger partial charge in [0.1, 0.15) is 0 Å². The molecule has 1 aromatic rings. The van der Waals surface area contributed by atoms with Gasteiger partial charge in [0.25, 0.3) is 0 Å². The molecule has 1 aliphatic carbocycles. The van der Waals surface area contributed by atoms with Gasteiger partial charge >= 0.3 is 12.0 Å². The Hall–Kier alpha value is -2.04. The second kappa shape index (κ2) is 7.11. The molecule has 0 aromatic heterocycles. The third-order valence-electron chi connectivity index (χ3n) is 4.08. The van der Waals surface area contributed by atoms with E-state index in [-0.39, 0.29) is 11.6 Å². The molecule has 0 heterocycles. The van der Waals surface area contributed by atoms with Crippen molar-refractivity contribution in [3.05, 3.63) is 35.4 Å². The van der Waals surface area contributed by atoms with Crippen molar-refractivity contribution >= 4 is 12.0 Å². The van der Waals surface area contributed by atoms with E-state index in [2.05, 4.69) is 17.6 Å². The lowest BCUT2D eigenvalue weighted by atomic mass is 10.1. The Balaban J connectivity index is 1.71. The molecule has 5 nitrogen and oxygen atoms in total. The number of aromatic carboxylic acids is 1. The fraction of sp³-hybridized carbons (Fsp3) is 0.500. The van der Waals surface area contributed by atoms with Gasteiger partial charge < -0.3 is 15.7 Å². The van der Waals surface area contributed by atoms with Gasteiger partial charge in [-0.05, 0) is 42.9 Å². The highest BCUT2D eigenvalue weighted by atomic mass is 16.4. The molecule has 1 aromatic carbocycles. The second-order valence-electron chi connectivity index (χ2n) is 5.67. The molecule has 1 fully saturated rings. The Morgan fingerprint density at radius 2 is 1.95 bits per heavy atom. The summed E-state index contributed by atoms with van der Waals surface area (Å²) in [6, 6.07) is 6.90. The molecule has 2 unspecified atom stereocenters. The predicted molar refractivity (Wildman–Crippen MR) is 80.4 cm³/mol. The van der Waals surface area contributed by atoms with Crippen LogP contribution in [-0.2, 0) is 6.42 Å².